The van der Waals surface area contributed by atoms with Crippen LogP contribution in [0.1, 0.15) is 45.4 Å². The summed E-state index contributed by atoms with van der Waals surface area (Å²) in [6.07, 6.45) is 6.11. The number of aliphatic hydroxyl groups is 1. The van der Waals surface area contributed by atoms with E-state index in [-0.39, 0.29) is 12.4 Å². The molecule has 0 radical (unpaired) electrons. The first-order valence-corrected chi connectivity index (χ1v) is 6.01. The molecule has 0 aromatic rings. The van der Waals surface area contributed by atoms with E-state index in [9.17, 15) is 4.79 Å². The van der Waals surface area contributed by atoms with Crippen LogP contribution >= 0.6 is 0 Å². The Labute approximate surface area is 92.0 Å². The normalized spacial score (nSPS) is 31.5. The summed E-state index contributed by atoms with van der Waals surface area (Å²) in [5.41, 5.74) is 5.95. The first-order chi connectivity index (χ1) is 7.13. The van der Waals surface area contributed by atoms with Crippen molar-refractivity contribution in [2.24, 2.45) is 17.6 Å². The Morgan fingerprint density at radius 2 is 2.20 bits per heavy atom. The Hall–Kier alpha value is -0.410. The maximum atomic E-state index is 10.9. The zero-order valence-electron chi connectivity index (χ0n) is 9.61. The van der Waals surface area contributed by atoms with E-state index in [0.29, 0.717) is 18.4 Å². The maximum Gasteiger partial charge on any atom is 0.158 e. The van der Waals surface area contributed by atoms with Crippen molar-refractivity contribution in [1.29, 1.82) is 0 Å². The van der Waals surface area contributed by atoms with Crippen LogP contribution < -0.4 is 5.73 Å². The van der Waals surface area contributed by atoms with E-state index in [1.807, 2.05) is 0 Å². The third-order valence-electron chi connectivity index (χ3n) is 3.59. The van der Waals surface area contributed by atoms with Crippen molar-refractivity contribution in [2.45, 2.75) is 51.5 Å². The Morgan fingerprint density at radius 3 is 2.80 bits per heavy atom. The van der Waals surface area contributed by atoms with Gasteiger partial charge in [-0.25, -0.2) is 0 Å². The molecule has 1 fully saturated rings. The molecule has 0 heterocycles. The molecule has 3 atom stereocenters. The van der Waals surface area contributed by atoms with E-state index < -0.39 is 0 Å². The summed E-state index contributed by atoms with van der Waals surface area (Å²) >= 11 is 0. The zero-order valence-corrected chi connectivity index (χ0v) is 9.61. The lowest BCUT2D eigenvalue weighted by Crippen LogP contribution is -2.34. The smallest absolute Gasteiger partial charge is 0.158 e. The van der Waals surface area contributed by atoms with E-state index in [4.69, 9.17) is 10.8 Å². The van der Waals surface area contributed by atoms with Gasteiger partial charge >= 0.3 is 0 Å². The lowest BCUT2D eigenvalue weighted by Gasteiger charge is -2.31. The molecule has 0 amide bonds. The SMILES string of the molecule is C[C@@H]1CC(CCCC(=O)CO)CC[C@H]1N. The molecule has 0 aromatic heterocycles. The molecule has 3 heteroatoms. The largest absolute Gasteiger partial charge is 0.389 e. The van der Waals surface area contributed by atoms with Crippen LogP contribution in [0.2, 0.25) is 0 Å². The molecule has 0 aliphatic heterocycles. The predicted molar refractivity (Wildman–Crippen MR) is 60.4 cm³/mol. The van der Waals surface area contributed by atoms with Crippen molar-refractivity contribution in [3.05, 3.63) is 0 Å². The number of Topliss-reactive ketones (excluding diaryl/α,β-unsaturated/α-hetero) is 1. The number of ketones is 1. The van der Waals surface area contributed by atoms with Crippen LogP contribution in [0.3, 0.4) is 0 Å². The highest BCUT2D eigenvalue weighted by Gasteiger charge is 2.24. The quantitative estimate of drug-likeness (QED) is 0.727. The Kier molecular flexibility index (Phi) is 5.26. The Morgan fingerprint density at radius 1 is 1.47 bits per heavy atom. The minimum absolute atomic E-state index is 0.0319. The van der Waals surface area contributed by atoms with Crippen molar-refractivity contribution in [3.8, 4) is 0 Å². The minimum atomic E-state index is -0.300. The lowest BCUT2D eigenvalue weighted by molar-refractivity contribution is -0.121. The fourth-order valence-electron chi connectivity index (χ4n) is 2.46. The molecular weight excluding hydrogens is 190 g/mol. The first-order valence-electron chi connectivity index (χ1n) is 6.01. The molecule has 0 saturated heterocycles. The van der Waals surface area contributed by atoms with E-state index in [1.165, 1.54) is 12.8 Å². The molecule has 0 bridgehead atoms. The van der Waals surface area contributed by atoms with Gasteiger partial charge in [-0.05, 0) is 37.5 Å². The van der Waals surface area contributed by atoms with Crippen LogP contribution in [-0.4, -0.2) is 23.5 Å². The number of aliphatic hydroxyl groups excluding tert-OH is 1. The molecule has 1 saturated carbocycles. The van der Waals surface area contributed by atoms with E-state index >= 15 is 0 Å². The van der Waals surface area contributed by atoms with Crippen molar-refractivity contribution >= 4 is 5.78 Å². The van der Waals surface area contributed by atoms with Crippen molar-refractivity contribution < 1.29 is 9.90 Å². The second kappa shape index (κ2) is 6.23. The Balaban J connectivity index is 2.14. The average Bonchev–Trinajstić information content (AvgIpc) is 2.23. The Bertz CT molecular complexity index is 206. The second-order valence-electron chi connectivity index (χ2n) is 4.91. The second-order valence-corrected chi connectivity index (χ2v) is 4.91. The van der Waals surface area contributed by atoms with Crippen LogP contribution in [0.4, 0.5) is 0 Å². The summed E-state index contributed by atoms with van der Waals surface area (Å²) in [5.74, 6) is 1.33. The fourth-order valence-corrected chi connectivity index (χ4v) is 2.46. The molecule has 88 valence electrons. The van der Waals surface area contributed by atoms with Gasteiger partial charge in [-0.1, -0.05) is 13.3 Å². The van der Waals surface area contributed by atoms with E-state index in [0.717, 1.165) is 25.2 Å². The number of rotatable bonds is 5. The molecule has 1 unspecified atom stereocenters. The van der Waals surface area contributed by atoms with Gasteiger partial charge in [0.2, 0.25) is 0 Å². The van der Waals surface area contributed by atoms with Gasteiger partial charge in [0.1, 0.15) is 6.61 Å². The highest BCUT2D eigenvalue weighted by atomic mass is 16.3. The van der Waals surface area contributed by atoms with E-state index in [2.05, 4.69) is 6.92 Å². The summed E-state index contributed by atoms with van der Waals surface area (Å²) in [6, 6.07) is 0.375. The number of carbonyl (C=O) groups excluding carboxylic acids is 1. The third-order valence-corrected chi connectivity index (χ3v) is 3.59. The number of hydrogen-bond donors (Lipinski definition) is 2. The van der Waals surface area contributed by atoms with Crippen LogP contribution in [0.15, 0.2) is 0 Å². The van der Waals surface area contributed by atoms with Gasteiger partial charge in [0.15, 0.2) is 5.78 Å². The summed E-state index contributed by atoms with van der Waals surface area (Å²) in [6.45, 7) is 1.92. The highest BCUT2D eigenvalue weighted by molar-refractivity contribution is 5.79. The van der Waals surface area contributed by atoms with Crippen LogP contribution in [0.25, 0.3) is 0 Å². The van der Waals surface area contributed by atoms with Gasteiger partial charge in [-0.3, -0.25) is 4.79 Å². The summed E-state index contributed by atoms with van der Waals surface area (Å²) in [5, 5.41) is 8.58. The molecule has 1 rings (SSSR count). The lowest BCUT2D eigenvalue weighted by atomic mass is 9.77. The molecule has 1 aliphatic rings. The summed E-state index contributed by atoms with van der Waals surface area (Å²) in [7, 11) is 0. The van der Waals surface area contributed by atoms with Gasteiger partial charge in [-0.2, -0.15) is 0 Å². The first kappa shape index (κ1) is 12.7. The van der Waals surface area contributed by atoms with Gasteiger partial charge in [0.05, 0.1) is 0 Å². The highest BCUT2D eigenvalue weighted by Crippen LogP contribution is 2.31. The number of nitrogens with two attached hydrogens (primary N) is 1. The van der Waals surface area contributed by atoms with E-state index in [1.54, 1.807) is 0 Å². The zero-order chi connectivity index (χ0) is 11.3. The summed E-state index contributed by atoms with van der Waals surface area (Å²) in [4.78, 5) is 10.9. The predicted octanol–water partition coefficient (Wildman–Crippen LogP) is 1.48. The summed E-state index contributed by atoms with van der Waals surface area (Å²) < 4.78 is 0. The fraction of sp³-hybridized carbons (Fsp3) is 0.917. The van der Waals surface area contributed by atoms with Crippen molar-refractivity contribution in [3.63, 3.8) is 0 Å². The van der Waals surface area contributed by atoms with Crippen LogP contribution in [0, 0.1) is 11.8 Å². The van der Waals surface area contributed by atoms with Gasteiger partial charge in [0.25, 0.3) is 0 Å². The number of hydrogen-bond acceptors (Lipinski definition) is 3. The molecule has 15 heavy (non-hydrogen) atoms. The van der Waals surface area contributed by atoms with Gasteiger partial charge in [-0.15, -0.1) is 0 Å². The minimum Gasteiger partial charge on any atom is -0.389 e. The molecule has 3 nitrogen and oxygen atoms in total. The van der Waals surface area contributed by atoms with Crippen molar-refractivity contribution in [2.75, 3.05) is 6.61 Å². The van der Waals surface area contributed by atoms with Gasteiger partial charge in [0, 0.05) is 12.5 Å². The molecule has 0 spiro atoms. The average molecular weight is 213 g/mol. The third kappa shape index (κ3) is 4.31. The standard InChI is InChI=1S/C12H23NO2/c1-9-7-10(5-6-12(9)13)3-2-4-11(15)8-14/h9-10,12,14H,2-8,13H2,1H3/t9-,10?,12-/m1/s1. The topological polar surface area (TPSA) is 63.3 Å². The molecule has 1 aliphatic carbocycles. The molecule has 0 aromatic carbocycles. The maximum absolute atomic E-state index is 10.9. The monoisotopic (exact) mass is 213 g/mol. The molecule has 3 N–H and O–H groups in total. The number of carbonyl (C=O) groups is 1. The van der Waals surface area contributed by atoms with Crippen LogP contribution in [0.5, 0.6) is 0 Å². The van der Waals surface area contributed by atoms with Crippen molar-refractivity contribution in [1.82, 2.24) is 0 Å². The van der Waals surface area contributed by atoms with Crippen LogP contribution in [-0.2, 0) is 4.79 Å². The van der Waals surface area contributed by atoms with Gasteiger partial charge < -0.3 is 10.8 Å². The molecular formula is C12H23NO2.